The molecule has 1 N–H and O–H groups in total. The molecule has 0 bridgehead atoms. The Morgan fingerprint density at radius 1 is 1.18 bits per heavy atom. The Bertz CT molecular complexity index is 742. The molecule has 0 radical (unpaired) electrons. The smallest absolute Gasteiger partial charge is 0.267 e. The standard InChI is InChI=1S/C14H9Cl2N3O3/c15-12-5-2-6-13(16)11(12)8-17-18-14(20)9-3-1-4-10(7-9)19(21)22/h1-8H,(H,18,20). The van der Waals surface area contributed by atoms with Gasteiger partial charge in [0.15, 0.2) is 0 Å². The Morgan fingerprint density at radius 2 is 1.82 bits per heavy atom. The Balaban J connectivity index is 2.11. The monoisotopic (exact) mass is 337 g/mol. The molecule has 0 saturated heterocycles. The number of hydrazone groups is 1. The highest BCUT2D eigenvalue weighted by Gasteiger charge is 2.10. The van der Waals surface area contributed by atoms with Crippen LogP contribution in [-0.4, -0.2) is 17.0 Å². The first-order valence-electron chi connectivity index (χ1n) is 6.01. The second-order valence-electron chi connectivity index (χ2n) is 4.14. The average molecular weight is 338 g/mol. The van der Waals surface area contributed by atoms with E-state index >= 15 is 0 Å². The molecule has 8 heteroatoms. The molecule has 0 fully saturated rings. The third-order valence-electron chi connectivity index (χ3n) is 2.68. The van der Waals surface area contributed by atoms with Crippen molar-refractivity contribution >= 4 is 41.0 Å². The quantitative estimate of drug-likeness (QED) is 0.524. The van der Waals surface area contributed by atoms with Gasteiger partial charge in [0.25, 0.3) is 11.6 Å². The molecule has 0 heterocycles. The summed E-state index contributed by atoms with van der Waals surface area (Å²) in [5, 5.41) is 15.2. The zero-order valence-electron chi connectivity index (χ0n) is 11.0. The number of nitro groups is 1. The van der Waals surface area contributed by atoms with Crippen molar-refractivity contribution in [2.75, 3.05) is 0 Å². The van der Waals surface area contributed by atoms with Crippen molar-refractivity contribution in [2.24, 2.45) is 5.10 Å². The number of nitrogens with one attached hydrogen (secondary N) is 1. The van der Waals surface area contributed by atoms with Gasteiger partial charge in [-0.15, -0.1) is 0 Å². The van der Waals surface area contributed by atoms with E-state index in [-0.39, 0.29) is 11.3 Å². The van der Waals surface area contributed by atoms with Gasteiger partial charge in [-0.3, -0.25) is 14.9 Å². The van der Waals surface area contributed by atoms with Gasteiger partial charge in [-0.2, -0.15) is 5.10 Å². The zero-order valence-corrected chi connectivity index (χ0v) is 12.5. The predicted molar refractivity (Wildman–Crippen MR) is 84.6 cm³/mol. The van der Waals surface area contributed by atoms with Crippen molar-refractivity contribution in [1.29, 1.82) is 0 Å². The van der Waals surface area contributed by atoms with Crippen molar-refractivity contribution < 1.29 is 9.72 Å². The van der Waals surface area contributed by atoms with Crippen LogP contribution < -0.4 is 5.43 Å². The number of amides is 1. The van der Waals surface area contributed by atoms with E-state index in [1.165, 1.54) is 24.4 Å². The molecule has 112 valence electrons. The highest BCUT2D eigenvalue weighted by atomic mass is 35.5. The van der Waals surface area contributed by atoms with Crippen LogP contribution in [0.2, 0.25) is 10.0 Å². The Hall–Kier alpha value is -2.44. The van der Waals surface area contributed by atoms with Crippen molar-refractivity contribution in [3.63, 3.8) is 0 Å². The summed E-state index contributed by atoms with van der Waals surface area (Å²) in [4.78, 5) is 22.0. The fourth-order valence-corrected chi connectivity index (χ4v) is 2.11. The van der Waals surface area contributed by atoms with Crippen molar-refractivity contribution in [3.05, 3.63) is 73.8 Å². The van der Waals surface area contributed by atoms with E-state index in [1.54, 1.807) is 18.2 Å². The molecule has 0 aliphatic carbocycles. The van der Waals surface area contributed by atoms with Gasteiger partial charge in [0.1, 0.15) is 0 Å². The lowest BCUT2D eigenvalue weighted by Crippen LogP contribution is -2.17. The normalized spacial score (nSPS) is 10.6. The minimum Gasteiger partial charge on any atom is -0.267 e. The summed E-state index contributed by atoms with van der Waals surface area (Å²) in [5.41, 5.74) is 2.67. The van der Waals surface area contributed by atoms with Gasteiger partial charge in [0.2, 0.25) is 0 Å². The SMILES string of the molecule is O=C(NN=Cc1c(Cl)cccc1Cl)c1cccc([N+](=O)[O-])c1. The molecule has 0 saturated carbocycles. The number of benzene rings is 2. The molecule has 22 heavy (non-hydrogen) atoms. The summed E-state index contributed by atoms with van der Waals surface area (Å²) in [6, 6.07) is 10.3. The molecule has 2 aromatic carbocycles. The Morgan fingerprint density at radius 3 is 2.45 bits per heavy atom. The lowest BCUT2D eigenvalue weighted by molar-refractivity contribution is -0.384. The van der Waals surface area contributed by atoms with E-state index in [0.29, 0.717) is 15.6 Å². The Kier molecular flexibility index (Phi) is 5.08. The van der Waals surface area contributed by atoms with Crippen LogP contribution in [0, 0.1) is 10.1 Å². The van der Waals surface area contributed by atoms with Crippen molar-refractivity contribution in [1.82, 2.24) is 5.43 Å². The maximum absolute atomic E-state index is 11.9. The predicted octanol–water partition coefficient (Wildman–Crippen LogP) is 3.67. The average Bonchev–Trinajstić information content (AvgIpc) is 2.50. The lowest BCUT2D eigenvalue weighted by atomic mass is 10.2. The van der Waals surface area contributed by atoms with Crippen LogP contribution in [-0.2, 0) is 0 Å². The van der Waals surface area contributed by atoms with Crippen LogP contribution in [0.4, 0.5) is 5.69 Å². The van der Waals surface area contributed by atoms with Crippen LogP contribution in [0.1, 0.15) is 15.9 Å². The first-order chi connectivity index (χ1) is 10.5. The minimum atomic E-state index is -0.580. The summed E-state index contributed by atoms with van der Waals surface area (Å²) in [5.74, 6) is -0.580. The van der Waals surface area contributed by atoms with Gasteiger partial charge >= 0.3 is 0 Å². The van der Waals surface area contributed by atoms with E-state index in [2.05, 4.69) is 10.5 Å². The summed E-state index contributed by atoms with van der Waals surface area (Å²) in [6.45, 7) is 0. The lowest BCUT2D eigenvalue weighted by Gasteiger charge is -2.02. The fraction of sp³-hybridized carbons (Fsp3) is 0. The first kappa shape index (κ1) is 15.9. The molecule has 1 amide bonds. The van der Waals surface area contributed by atoms with Gasteiger partial charge < -0.3 is 0 Å². The maximum Gasteiger partial charge on any atom is 0.271 e. The second kappa shape index (κ2) is 7.02. The number of rotatable bonds is 4. The number of carbonyl (C=O) groups excluding carboxylic acids is 1. The van der Waals surface area contributed by atoms with Crippen LogP contribution in [0.5, 0.6) is 0 Å². The van der Waals surface area contributed by atoms with Crippen molar-refractivity contribution in [2.45, 2.75) is 0 Å². The third-order valence-corrected chi connectivity index (χ3v) is 3.34. The number of carbonyl (C=O) groups is 1. The van der Waals surface area contributed by atoms with Gasteiger partial charge in [-0.1, -0.05) is 35.3 Å². The maximum atomic E-state index is 11.9. The van der Waals surface area contributed by atoms with Gasteiger partial charge in [-0.25, -0.2) is 5.43 Å². The number of hydrogen-bond donors (Lipinski definition) is 1. The summed E-state index contributed by atoms with van der Waals surface area (Å²) in [6.07, 6.45) is 1.31. The highest BCUT2D eigenvalue weighted by molar-refractivity contribution is 6.38. The third kappa shape index (κ3) is 3.81. The summed E-state index contributed by atoms with van der Waals surface area (Å²) in [7, 11) is 0. The van der Waals surface area contributed by atoms with Crippen LogP contribution in [0.3, 0.4) is 0 Å². The molecule has 2 aromatic rings. The number of halogens is 2. The molecule has 0 unspecified atom stereocenters. The highest BCUT2D eigenvalue weighted by Crippen LogP contribution is 2.22. The molecule has 0 aliphatic rings. The first-order valence-corrected chi connectivity index (χ1v) is 6.76. The van der Waals surface area contributed by atoms with E-state index in [9.17, 15) is 14.9 Å². The molecule has 0 spiro atoms. The molecular formula is C14H9Cl2N3O3. The van der Waals surface area contributed by atoms with Crippen molar-refractivity contribution in [3.8, 4) is 0 Å². The topological polar surface area (TPSA) is 84.6 Å². The second-order valence-corrected chi connectivity index (χ2v) is 4.96. The largest absolute Gasteiger partial charge is 0.271 e. The van der Waals surface area contributed by atoms with Gasteiger partial charge in [-0.05, 0) is 18.2 Å². The van der Waals surface area contributed by atoms with Crippen LogP contribution in [0.25, 0.3) is 0 Å². The molecular weight excluding hydrogens is 329 g/mol. The van der Waals surface area contributed by atoms with Crippen LogP contribution in [0.15, 0.2) is 47.6 Å². The number of nitro benzene ring substituents is 1. The Labute approximate surface area is 135 Å². The molecule has 0 atom stereocenters. The van der Waals surface area contributed by atoms with E-state index in [1.807, 2.05) is 0 Å². The minimum absolute atomic E-state index is 0.122. The van der Waals surface area contributed by atoms with Gasteiger partial charge in [0.05, 0.1) is 21.2 Å². The summed E-state index contributed by atoms with van der Waals surface area (Å²) >= 11 is 11.9. The molecule has 6 nitrogen and oxygen atoms in total. The van der Waals surface area contributed by atoms with E-state index in [0.717, 1.165) is 6.07 Å². The molecule has 2 rings (SSSR count). The van der Waals surface area contributed by atoms with E-state index < -0.39 is 10.8 Å². The fourth-order valence-electron chi connectivity index (χ4n) is 1.61. The van der Waals surface area contributed by atoms with Gasteiger partial charge in [0, 0.05) is 23.3 Å². The number of hydrogen-bond acceptors (Lipinski definition) is 4. The number of non-ortho nitro benzene ring substituents is 1. The number of nitrogens with zero attached hydrogens (tertiary/aromatic N) is 2. The summed E-state index contributed by atoms with van der Waals surface area (Å²) < 4.78 is 0. The van der Waals surface area contributed by atoms with Crippen LogP contribution >= 0.6 is 23.2 Å². The zero-order chi connectivity index (χ0) is 16.1. The molecule has 0 aliphatic heterocycles. The molecule has 0 aromatic heterocycles. The van der Waals surface area contributed by atoms with E-state index in [4.69, 9.17) is 23.2 Å².